The van der Waals surface area contributed by atoms with Crippen LogP contribution in [0.2, 0.25) is 0 Å². The van der Waals surface area contributed by atoms with Crippen molar-refractivity contribution in [3.63, 3.8) is 0 Å². The van der Waals surface area contributed by atoms with Crippen molar-refractivity contribution in [3.8, 4) is 0 Å². The summed E-state index contributed by atoms with van der Waals surface area (Å²) < 4.78 is 1.49. The minimum Gasteiger partial charge on any atom is -1.00 e. The maximum Gasteiger partial charge on any atom is -1.00 e. The van der Waals surface area contributed by atoms with Gasteiger partial charge in [-0.05, 0) is 0 Å². The van der Waals surface area contributed by atoms with E-state index in [4.69, 9.17) is 0 Å². The van der Waals surface area contributed by atoms with E-state index >= 15 is 0 Å². The van der Waals surface area contributed by atoms with E-state index in [0.717, 1.165) is 0 Å². The number of benzene rings is 3. The summed E-state index contributed by atoms with van der Waals surface area (Å²) in [6.07, 6.45) is 0. The number of hydrogen-bond acceptors (Lipinski definition) is 0. The van der Waals surface area contributed by atoms with Crippen molar-refractivity contribution in [3.05, 3.63) is 127 Å². The van der Waals surface area contributed by atoms with Crippen molar-refractivity contribution >= 4 is 0 Å². The zero-order valence-electron chi connectivity index (χ0n) is 20.6. The van der Waals surface area contributed by atoms with E-state index in [1.54, 1.807) is 0 Å². The average Bonchev–Trinajstić information content (AvgIpc) is 2.93. The molecule has 1 aliphatic rings. The van der Waals surface area contributed by atoms with Crippen LogP contribution in [0.1, 0.15) is 54.2 Å². The Kier molecular flexibility index (Phi) is 11.0. The van der Waals surface area contributed by atoms with Crippen molar-refractivity contribution in [2.24, 2.45) is 5.92 Å². The van der Waals surface area contributed by atoms with Crippen LogP contribution in [0.5, 0.6) is 0 Å². The Hall–Kier alpha value is -1.28. The van der Waals surface area contributed by atoms with Crippen molar-refractivity contribution in [2.75, 3.05) is 0 Å². The predicted molar refractivity (Wildman–Crippen MR) is 128 cm³/mol. The van der Waals surface area contributed by atoms with Gasteiger partial charge in [0.15, 0.2) is 0 Å². The van der Waals surface area contributed by atoms with Crippen LogP contribution in [0.15, 0.2) is 93.4 Å². The average molecular weight is 546 g/mol. The summed E-state index contributed by atoms with van der Waals surface area (Å²) in [7, 11) is 0. The molecular formula is C30H31Cl3Ti. The molecular weight excluding hydrogens is 515 g/mol. The normalized spacial score (nSPS) is 15.5. The van der Waals surface area contributed by atoms with Crippen LogP contribution in [-0.2, 0) is 25.9 Å². The summed E-state index contributed by atoms with van der Waals surface area (Å²) in [5, 5.41) is 0. The molecule has 0 radical (unpaired) electrons. The first-order valence-electron chi connectivity index (χ1n) is 11.1. The summed E-state index contributed by atoms with van der Waals surface area (Å²) in [6, 6.07) is 27.4. The largest absolute Gasteiger partial charge is 1.00 e. The first-order valence-corrected chi connectivity index (χ1v) is 11.9. The smallest absolute Gasteiger partial charge is 1.00 e. The van der Waals surface area contributed by atoms with Gasteiger partial charge >= 0.3 is 200 Å². The predicted octanol–water partition coefficient (Wildman–Crippen LogP) is -1.25. The fourth-order valence-electron chi connectivity index (χ4n) is 5.41. The van der Waals surface area contributed by atoms with Crippen LogP contribution in [0, 0.1) is 26.7 Å². The van der Waals surface area contributed by atoms with Crippen molar-refractivity contribution in [1.82, 2.24) is 0 Å². The molecule has 0 saturated carbocycles. The molecule has 3 aromatic carbocycles. The number of hydrogen-bond donors (Lipinski definition) is 0. The van der Waals surface area contributed by atoms with Crippen molar-refractivity contribution in [1.29, 1.82) is 0 Å². The van der Waals surface area contributed by atoms with Gasteiger partial charge in [0.25, 0.3) is 0 Å². The SMILES string of the molecule is CC1=[C]([Ti+3])C(C)C(C(c2cccc(C)c2)(c2cccc(C)c2)c2cccc(C)c2)=C1C.[Cl-].[Cl-].[Cl-]. The topological polar surface area (TPSA) is 0 Å². The van der Waals surface area contributed by atoms with Crippen LogP contribution in [-0.4, -0.2) is 0 Å². The van der Waals surface area contributed by atoms with E-state index < -0.39 is 0 Å². The number of halogens is 3. The van der Waals surface area contributed by atoms with Gasteiger partial charge in [-0.2, -0.15) is 0 Å². The second-order valence-corrected chi connectivity index (χ2v) is 10.00. The molecule has 0 N–H and O–H groups in total. The van der Waals surface area contributed by atoms with Crippen LogP contribution in [0.4, 0.5) is 0 Å². The van der Waals surface area contributed by atoms with E-state index in [2.05, 4.69) is 135 Å². The molecule has 4 rings (SSSR count). The quantitative estimate of drug-likeness (QED) is 0.284. The van der Waals surface area contributed by atoms with Gasteiger partial charge in [0, 0.05) is 0 Å². The zero-order valence-corrected chi connectivity index (χ0v) is 24.5. The monoisotopic (exact) mass is 544 g/mol. The Morgan fingerprint density at radius 2 is 0.941 bits per heavy atom. The molecule has 0 amide bonds. The van der Waals surface area contributed by atoms with Crippen molar-refractivity contribution < 1.29 is 57.7 Å². The summed E-state index contributed by atoms with van der Waals surface area (Å²) in [6.45, 7) is 13.6. The number of aryl methyl sites for hydroxylation is 3. The molecule has 4 heteroatoms. The van der Waals surface area contributed by atoms with Crippen molar-refractivity contribution in [2.45, 2.75) is 47.0 Å². The van der Waals surface area contributed by atoms with Crippen LogP contribution >= 0.6 is 0 Å². The van der Waals surface area contributed by atoms with E-state index in [-0.39, 0.29) is 42.6 Å². The molecule has 0 spiro atoms. The minimum absolute atomic E-state index is 0. The molecule has 34 heavy (non-hydrogen) atoms. The molecule has 3 aromatic rings. The molecule has 1 unspecified atom stereocenters. The molecule has 0 heterocycles. The Morgan fingerprint density at radius 1 is 0.588 bits per heavy atom. The van der Waals surface area contributed by atoms with E-state index in [0.29, 0.717) is 5.92 Å². The van der Waals surface area contributed by atoms with Crippen LogP contribution < -0.4 is 37.2 Å². The van der Waals surface area contributed by atoms with Gasteiger partial charge in [0.2, 0.25) is 0 Å². The second kappa shape index (κ2) is 12.1. The van der Waals surface area contributed by atoms with E-state index in [9.17, 15) is 0 Å². The summed E-state index contributed by atoms with van der Waals surface area (Å²) in [5.41, 5.74) is 12.0. The number of allylic oxidation sites excluding steroid dienone is 4. The standard InChI is InChI=1S/C30H31.3ClH.Ti/c1-20-10-7-13-26(16-20)30(27-14-8-11-21(2)17-27,28-15-9-12-22(3)18-28)29-24(5)19-23(4)25(29)6;;;;/h7-18,24H,1-6H3;3*1H;/q;;;;+3/p-3. The van der Waals surface area contributed by atoms with Gasteiger partial charge in [-0.15, -0.1) is 0 Å². The zero-order chi connectivity index (χ0) is 22.3. The van der Waals surface area contributed by atoms with Gasteiger partial charge in [-0.3, -0.25) is 0 Å². The molecule has 1 atom stereocenters. The molecule has 0 fully saturated rings. The summed E-state index contributed by atoms with van der Waals surface area (Å²) in [4.78, 5) is 0. The molecule has 1 aliphatic carbocycles. The van der Waals surface area contributed by atoms with Crippen LogP contribution in [0.25, 0.3) is 0 Å². The molecule has 0 bridgehead atoms. The Labute approximate surface area is 236 Å². The van der Waals surface area contributed by atoms with Gasteiger partial charge in [0.1, 0.15) is 0 Å². The fourth-order valence-corrected chi connectivity index (χ4v) is 5.92. The maximum absolute atomic E-state index is 2.39. The van der Waals surface area contributed by atoms with Crippen LogP contribution in [0.3, 0.4) is 0 Å². The molecule has 0 aliphatic heterocycles. The molecule has 176 valence electrons. The first-order chi connectivity index (χ1) is 14.8. The third-order valence-corrected chi connectivity index (χ3v) is 8.26. The third-order valence-electron chi connectivity index (χ3n) is 6.99. The Bertz CT molecular complexity index is 1110. The van der Waals surface area contributed by atoms with Gasteiger partial charge in [-0.1, -0.05) is 0 Å². The summed E-state index contributed by atoms with van der Waals surface area (Å²) in [5.74, 6) is 0.390. The minimum atomic E-state index is -0.327. The molecule has 0 nitrogen and oxygen atoms in total. The third kappa shape index (κ3) is 5.13. The van der Waals surface area contributed by atoms with Gasteiger partial charge < -0.3 is 37.2 Å². The Balaban J connectivity index is 0.00000193. The molecule has 0 aromatic heterocycles. The molecule has 0 saturated heterocycles. The number of rotatable bonds is 4. The fraction of sp³-hybridized carbons (Fsp3) is 0.267. The maximum atomic E-state index is 2.39. The first kappa shape index (κ1) is 30.8. The van der Waals surface area contributed by atoms with E-state index in [1.165, 1.54) is 54.0 Å². The summed E-state index contributed by atoms with van der Waals surface area (Å²) >= 11 is 2.31. The van der Waals surface area contributed by atoms with Gasteiger partial charge in [-0.25, -0.2) is 0 Å². The Morgan fingerprint density at radius 3 is 1.21 bits per heavy atom. The van der Waals surface area contributed by atoms with E-state index in [1.807, 2.05) is 0 Å². The van der Waals surface area contributed by atoms with Gasteiger partial charge in [0.05, 0.1) is 0 Å². The second-order valence-electron chi connectivity index (χ2n) is 9.16.